The van der Waals surface area contributed by atoms with E-state index in [0.717, 1.165) is 5.25 Å². The maximum atomic E-state index is 9.63. The van der Waals surface area contributed by atoms with Crippen LogP contribution in [-0.2, 0) is 4.79 Å². The fourth-order valence-electron chi connectivity index (χ4n) is 0.214. The average molecular weight is 173 g/mol. The van der Waals surface area contributed by atoms with Gasteiger partial charge in [-0.3, -0.25) is 0 Å². The van der Waals surface area contributed by atoms with Crippen LogP contribution in [0.4, 0.5) is 0 Å². The molecule has 0 radical (unpaired) electrons. The first-order valence-electron chi connectivity index (χ1n) is 1.99. The largest absolute Gasteiger partial charge is 1.00 e. The SMILES string of the molecule is O=C(O)C[CH2][GeH3].[H-].[Na+]. The molecular weight excluding hydrogens is 164 g/mol. The Morgan fingerprint density at radius 3 is 2.29 bits per heavy atom. The molecule has 2 nitrogen and oxygen atoms in total. The van der Waals surface area contributed by atoms with Crippen molar-refractivity contribution >= 4 is 22.5 Å². The molecule has 0 saturated carbocycles. The van der Waals surface area contributed by atoms with Crippen molar-refractivity contribution in [2.75, 3.05) is 0 Å². The molecule has 1 N–H and O–H groups in total. The predicted molar refractivity (Wildman–Crippen MR) is 28.1 cm³/mol. The molecule has 7 heavy (non-hydrogen) atoms. The van der Waals surface area contributed by atoms with Crippen LogP contribution >= 0.6 is 0 Å². The zero-order chi connectivity index (χ0) is 4.99. The van der Waals surface area contributed by atoms with Gasteiger partial charge in [-0.1, -0.05) is 0 Å². The summed E-state index contributed by atoms with van der Waals surface area (Å²) < 4.78 is 0. The zero-order valence-electron chi connectivity index (χ0n) is 5.77. The van der Waals surface area contributed by atoms with Crippen molar-refractivity contribution in [1.82, 2.24) is 0 Å². The van der Waals surface area contributed by atoms with E-state index < -0.39 is 5.97 Å². The van der Waals surface area contributed by atoms with Crippen LogP contribution < -0.4 is 29.6 Å². The Morgan fingerprint density at radius 2 is 2.29 bits per heavy atom. The van der Waals surface area contributed by atoms with Gasteiger partial charge < -0.3 is 1.43 Å². The zero-order valence-corrected chi connectivity index (χ0v) is 11.0. The second-order valence-corrected chi connectivity index (χ2v) is 3.24. The minimum Gasteiger partial charge on any atom is -1.00 e. The normalized spacial score (nSPS) is 7.43. The van der Waals surface area contributed by atoms with Crippen LogP contribution in [0, 0.1) is 0 Å². The van der Waals surface area contributed by atoms with Crippen molar-refractivity contribution in [3.8, 4) is 0 Å². The summed E-state index contributed by atoms with van der Waals surface area (Å²) in [6.07, 6.45) is 0.375. The van der Waals surface area contributed by atoms with Crippen molar-refractivity contribution in [2.45, 2.75) is 11.7 Å². The molecule has 0 aliphatic rings. The first-order chi connectivity index (χ1) is 2.77. The Balaban J connectivity index is -0.000000125. The first-order valence-corrected chi connectivity index (χ1v) is 4.96. The monoisotopic (exact) mass is 174 g/mol. The number of rotatable bonds is 2. The van der Waals surface area contributed by atoms with Crippen molar-refractivity contribution in [3.05, 3.63) is 0 Å². The minimum atomic E-state index is -0.664. The van der Waals surface area contributed by atoms with Crippen LogP contribution in [0.25, 0.3) is 0 Å². The summed E-state index contributed by atoms with van der Waals surface area (Å²) in [4.78, 5) is 9.63. The molecule has 0 spiro atoms. The van der Waals surface area contributed by atoms with E-state index in [-0.39, 0.29) is 31.0 Å². The van der Waals surface area contributed by atoms with Crippen LogP contribution in [0.1, 0.15) is 7.85 Å². The third-order valence-electron chi connectivity index (χ3n) is 0.464. The summed E-state index contributed by atoms with van der Waals surface area (Å²) in [6, 6.07) is 0. The topological polar surface area (TPSA) is 37.3 Å². The molecule has 0 unspecified atom stereocenters. The molecule has 0 aromatic heterocycles. The molecule has 0 aromatic carbocycles. The van der Waals surface area contributed by atoms with E-state index in [1.165, 1.54) is 0 Å². The Bertz CT molecular complexity index is 61.2. The van der Waals surface area contributed by atoms with Crippen LogP contribution in [0.2, 0.25) is 5.25 Å². The Hall–Kier alpha value is 1.01. The van der Waals surface area contributed by atoms with Gasteiger partial charge >= 0.3 is 73.6 Å². The summed E-state index contributed by atoms with van der Waals surface area (Å²) in [5, 5.41) is 8.86. The van der Waals surface area contributed by atoms with Crippen LogP contribution in [0.5, 0.6) is 0 Å². The fourth-order valence-corrected chi connectivity index (χ4v) is 1.11. The summed E-state index contributed by atoms with van der Waals surface area (Å²) in [5.41, 5.74) is 0. The molecule has 4 heteroatoms. The van der Waals surface area contributed by atoms with Gasteiger partial charge in [-0.05, 0) is 0 Å². The third kappa shape index (κ3) is 10.9. The summed E-state index contributed by atoms with van der Waals surface area (Å²) in [6.45, 7) is 0. The van der Waals surface area contributed by atoms with E-state index in [4.69, 9.17) is 5.11 Å². The molecule has 0 aliphatic carbocycles. The molecule has 0 aliphatic heterocycles. The quantitative estimate of drug-likeness (QED) is 0.437. The van der Waals surface area contributed by atoms with E-state index in [0.29, 0.717) is 22.9 Å². The maximum Gasteiger partial charge on any atom is 1.00 e. The number of hydrogen-bond donors (Lipinski definition) is 1. The van der Waals surface area contributed by atoms with Gasteiger partial charge in [0.15, 0.2) is 0 Å². The van der Waals surface area contributed by atoms with Gasteiger partial charge in [0.2, 0.25) is 0 Å². The third-order valence-corrected chi connectivity index (χ3v) is 1.51. The van der Waals surface area contributed by atoms with Crippen molar-refractivity contribution < 1.29 is 40.9 Å². The van der Waals surface area contributed by atoms with Gasteiger partial charge in [-0.25, -0.2) is 0 Å². The first kappa shape index (κ1) is 10.9. The van der Waals surface area contributed by atoms with E-state index in [2.05, 4.69) is 0 Å². The van der Waals surface area contributed by atoms with E-state index in [1.54, 1.807) is 0 Å². The van der Waals surface area contributed by atoms with Gasteiger partial charge in [-0.15, -0.1) is 0 Å². The summed E-state index contributed by atoms with van der Waals surface area (Å²) >= 11 is 0.714. The van der Waals surface area contributed by atoms with Crippen molar-refractivity contribution in [2.24, 2.45) is 0 Å². The van der Waals surface area contributed by atoms with Gasteiger partial charge in [0.25, 0.3) is 0 Å². The van der Waals surface area contributed by atoms with Crippen molar-refractivity contribution in [1.29, 1.82) is 0 Å². The standard InChI is InChI=1S/C3H8GeO2.Na.H/c4-2-1-3(5)6;;/h1-2H2,4H3,(H,5,6);;/q;+1;-1. The molecule has 0 fully saturated rings. The second kappa shape index (κ2) is 7.01. The van der Waals surface area contributed by atoms with Gasteiger partial charge in [-0.2, -0.15) is 0 Å². The molecule has 0 rings (SSSR count). The smallest absolute Gasteiger partial charge is 1.00 e. The second-order valence-electron chi connectivity index (χ2n) is 1.14. The molecule has 0 heterocycles. The van der Waals surface area contributed by atoms with Crippen molar-refractivity contribution in [3.63, 3.8) is 0 Å². The average Bonchev–Trinajstić information content (AvgIpc) is 1.35. The Kier molecular flexibility index (Phi) is 10.9. The number of carboxylic acids is 1. The molecule has 0 atom stereocenters. The summed E-state index contributed by atoms with van der Waals surface area (Å²) in [7, 11) is 0. The van der Waals surface area contributed by atoms with Gasteiger partial charge in [0.05, 0.1) is 0 Å². The number of aliphatic carboxylic acids is 1. The predicted octanol–water partition coefficient (Wildman–Crippen LogP) is -3.64. The Morgan fingerprint density at radius 1 is 1.86 bits per heavy atom. The summed E-state index contributed by atoms with van der Waals surface area (Å²) in [5.74, 6) is -0.664. The number of carboxylic acid groups (broad SMARTS) is 1. The van der Waals surface area contributed by atoms with Crippen LogP contribution in [0.3, 0.4) is 0 Å². The maximum absolute atomic E-state index is 9.63. The van der Waals surface area contributed by atoms with E-state index >= 15 is 0 Å². The molecule has 0 amide bonds. The van der Waals surface area contributed by atoms with E-state index in [9.17, 15) is 4.79 Å². The van der Waals surface area contributed by atoms with Gasteiger partial charge in [0.1, 0.15) is 0 Å². The van der Waals surface area contributed by atoms with E-state index in [1.807, 2.05) is 0 Å². The van der Waals surface area contributed by atoms with Crippen LogP contribution in [-0.4, -0.2) is 27.6 Å². The molecule has 38 valence electrons. The minimum absolute atomic E-state index is 0. The number of carbonyl (C=O) groups is 1. The fraction of sp³-hybridized carbons (Fsp3) is 0.667. The van der Waals surface area contributed by atoms with Crippen LogP contribution in [0.15, 0.2) is 0 Å². The molecule has 0 bridgehead atoms. The van der Waals surface area contributed by atoms with Gasteiger partial charge in [0, 0.05) is 0 Å². The molecule has 0 aromatic rings. The number of hydrogen-bond acceptors (Lipinski definition) is 1. The molecular formula is C3H9GeNaO2. The molecule has 0 saturated heterocycles. The Labute approximate surface area is 74.7 Å².